The first kappa shape index (κ1) is 14.8. The Kier molecular flexibility index (Phi) is 3.83. The highest BCUT2D eigenvalue weighted by Crippen LogP contribution is 2.35. The van der Waals surface area contributed by atoms with Crippen molar-refractivity contribution in [3.8, 4) is 28.5 Å². The summed E-state index contributed by atoms with van der Waals surface area (Å²) in [6.07, 6.45) is 0. The quantitative estimate of drug-likeness (QED) is 0.703. The van der Waals surface area contributed by atoms with Crippen molar-refractivity contribution >= 4 is 23.0 Å². The van der Waals surface area contributed by atoms with Crippen LogP contribution in [0.3, 0.4) is 0 Å². The first-order valence-electron chi connectivity index (χ1n) is 6.78. The molecule has 0 fully saturated rings. The van der Waals surface area contributed by atoms with E-state index in [0.29, 0.717) is 22.6 Å². The molecule has 23 heavy (non-hydrogen) atoms. The van der Waals surface area contributed by atoms with Crippen LogP contribution in [0.25, 0.3) is 22.4 Å². The fraction of sp³-hybridized carbons (Fsp3) is 0. The molecule has 1 heterocycles. The van der Waals surface area contributed by atoms with Crippen LogP contribution in [0.2, 0.25) is 5.15 Å². The maximum Gasteiger partial charge on any atom is 0.170 e. The second-order valence-corrected chi connectivity index (χ2v) is 5.30. The zero-order chi connectivity index (χ0) is 16.4. The van der Waals surface area contributed by atoms with E-state index in [0.717, 1.165) is 11.1 Å². The summed E-state index contributed by atoms with van der Waals surface area (Å²) >= 11 is 6.05. The van der Waals surface area contributed by atoms with Crippen LogP contribution in [-0.2, 0) is 0 Å². The van der Waals surface area contributed by atoms with Gasteiger partial charge in [-0.3, -0.25) is 0 Å². The Balaban J connectivity index is 2.30. The summed E-state index contributed by atoms with van der Waals surface area (Å²) in [6, 6.07) is 16.5. The number of hydrogen-bond acceptors (Lipinski definition) is 5. The molecule has 5 nitrogen and oxygen atoms in total. The zero-order valence-electron chi connectivity index (χ0n) is 12.0. The van der Waals surface area contributed by atoms with Gasteiger partial charge < -0.3 is 11.5 Å². The number of benzene rings is 2. The maximum absolute atomic E-state index is 9.48. The summed E-state index contributed by atoms with van der Waals surface area (Å²) in [4.78, 5) is 0. The third-order valence-corrected chi connectivity index (χ3v) is 3.69. The Bertz CT molecular complexity index is 896. The van der Waals surface area contributed by atoms with E-state index in [4.69, 9.17) is 23.1 Å². The van der Waals surface area contributed by atoms with Crippen molar-refractivity contribution in [3.05, 3.63) is 59.2 Å². The van der Waals surface area contributed by atoms with Crippen LogP contribution in [-0.4, -0.2) is 10.2 Å². The minimum absolute atomic E-state index is 0.0681. The van der Waals surface area contributed by atoms with Gasteiger partial charge in [0.15, 0.2) is 5.15 Å². The van der Waals surface area contributed by atoms with Gasteiger partial charge in [-0.15, -0.1) is 10.2 Å². The number of hydrogen-bond donors (Lipinski definition) is 2. The summed E-state index contributed by atoms with van der Waals surface area (Å²) < 4.78 is 0. The standard InChI is InChI=1S/C17H12ClN5/c18-17-14(9-19)15(10-1-5-12(20)6-2-10)16(22-23-17)11-3-7-13(21)8-4-11/h1-8H,20-21H2. The molecule has 0 unspecified atom stereocenters. The van der Waals surface area contributed by atoms with Crippen molar-refractivity contribution in [2.45, 2.75) is 0 Å². The molecular formula is C17H12ClN5. The summed E-state index contributed by atoms with van der Waals surface area (Å²) in [5, 5.41) is 17.6. The molecule has 0 saturated heterocycles. The smallest absolute Gasteiger partial charge is 0.170 e. The van der Waals surface area contributed by atoms with Crippen LogP contribution in [0.5, 0.6) is 0 Å². The van der Waals surface area contributed by atoms with Crippen molar-refractivity contribution in [2.24, 2.45) is 0 Å². The highest BCUT2D eigenvalue weighted by molar-refractivity contribution is 6.31. The van der Waals surface area contributed by atoms with E-state index in [2.05, 4.69) is 16.3 Å². The van der Waals surface area contributed by atoms with Gasteiger partial charge >= 0.3 is 0 Å². The SMILES string of the molecule is N#Cc1c(Cl)nnc(-c2ccc(N)cc2)c1-c1ccc(N)cc1. The average Bonchev–Trinajstić information content (AvgIpc) is 2.56. The Morgan fingerprint density at radius 3 is 1.87 bits per heavy atom. The molecule has 0 saturated carbocycles. The van der Waals surface area contributed by atoms with E-state index in [1.54, 1.807) is 24.3 Å². The first-order chi connectivity index (χ1) is 11.1. The Morgan fingerprint density at radius 2 is 1.35 bits per heavy atom. The fourth-order valence-electron chi connectivity index (χ4n) is 2.29. The molecule has 0 bridgehead atoms. The monoisotopic (exact) mass is 321 g/mol. The van der Waals surface area contributed by atoms with Crippen molar-refractivity contribution < 1.29 is 0 Å². The molecule has 4 N–H and O–H groups in total. The van der Waals surface area contributed by atoms with E-state index in [1.807, 2.05) is 24.3 Å². The summed E-state index contributed by atoms with van der Waals surface area (Å²) in [7, 11) is 0. The first-order valence-corrected chi connectivity index (χ1v) is 7.16. The summed E-state index contributed by atoms with van der Waals surface area (Å²) in [5.74, 6) is 0. The molecule has 0 amide bonds. The molecule has 0 aliphatic rings. The minimum Gasteiger partial charge on any atom is -0.399 e. The molecule has 3 rings (SSSR count). The van der Waals surface area contributed by atoms with Gasteiger partial charge in [-0.1, -0.05) is 35.9 Å². The summed E-state index contributed by atoms with van der Waals surface area (Å²) in [6.45, 7) is 0. The van der Waals surface area contributed by atoms with E-state index in [9.17, 15) is 5.26 Å². The van der Waals surface area contributed by atoms with Crippen LogP contribution in [0.15, 0.2) is 48.5 Å². The third-order valence-electron chi connectivity index (χ3n) is 3.43. The molecule has 6 heteroatoms. The van der Waals surface area contributed by atoms with Crippen molar-refractivity contribution in [1.82, 2.24) is 10.2 Å². The molecule has 0 aliphatic carbocycles. The van der Waals surface area contributed by atoms with Gasteiger partial charge in [-0.25, -0.2) is 0 Å². The second-order valence-electron chi connectivity index (χ2n) is 4.95. The van der Waals surface area contributed by atoms with Gasteiger partial charge in [0, 0.05) is 22.5 Å². The fourth-order valence-corrected chi connectivity index (χ4v) is 2.47. The molecular weight excluding hydrogens is 310 g/mol. The normalized spacial score (nSPS) is 10.3. The topological polar surface area (TPSA) is 102 Å². The zero-order valence-corrected chi connectivity index (χ0v) is 12.7. The van der Waals surface area contributed by atoms with Gasteiger partial charge in [0.05, 0.1) is 0 Å². The maximum atomic E-state index is 9.48. The molecule has 112 valence electrons. The number of rotatable bonds is 2. The van der Waals surface area contributed by atoms with Crippen LogP contribution in [0.1, 0.15) is 5.56 Å². The molecule has 0 aliphatic heterocycles. The second kappa shape index (κ2) is 5.95. The van der Waals surface area contributed by atoms with Gasteiger partial charge in [0.1, 0.15) is 17.3 Å². The van der Waals surface area contributed by atoms with Gasteiger partial charge in [-0.05, 0) is 29.8 Å². The molecule has 2 aromatic carbocycles. The number of aromatic nitrogens is 2. The predicted octanol–water partition coefficient (Wildman–Crippen LogP) is 3.50. The lowest BCUT2D eigenvalue weighted by atomic mass is 9.96. The number of anilines is 2. The molecule has 3 aromatic rings. The van der Waals surface area contributed by atoms with Gasteiger partial charge in [0.2, 0.25) is 0 Å². The largest absolute Gasteiger partial charge is 0.399 e. The van der Waals surface area contributed by atoms with Crippen LogP contribution < -0.4 is 11.5 Å². The van der Waals surface area contributed by atoms with Crippen LogP contribution in [0.4, 0.5) is 11.4 Å². The molecule has 0 atom stereocenters. The van der Waals surface area contributed by atoms with E-state index < -0.39 is 0 Å². The molecule has 0 spiro atoms. The van der Waals surface area contributed by atoms with Crippen molar-refractivity contribution in [2.75, 3.05) is 11.5 Å². The van der Waals surface area contributed by atoms with Crippen molar-refractivity contribution in [3.63, 3.8) is 0 Å². The number of nitriles is 1. The van der Waals surface area contributed by atoms with E-state index >= 15 is 0 Å². The predicted molar refractivity (Wildman–Crippen MR) is 91.5 cm³/mol. The number of nitrogens with two attached hydrogens (primary N) is 2. The van der Waals surface area contributed by atoms with Gasteiger partial charge in [0.25, 0.3) is 0 Å². The Morgan fingerprint density at radius 1 is 0.826 bits per heavy atom. The number of nitrogen functional groups attached to an aromatic ring is 2. The number of halogens is 1. The summed E-state index contributed by atoms with van der Waals surface area (Å²) in [5.41, 5.74) is 15.8. The highest BCUT2D eigenvalue weighted by Gasteiger charge is 2.18. The average molecular weight is 322 g/mol. The van der Waals surface area contributed by atoms with Crippen LogP contribution >= 0.6 is 11.6 Å². The Labute approximate surface area is 138 Å². The van der Waals surface area contributed by atoms with Crippen LogP contribution in [0, 0.1) is 11.3 Å². The lowest BCUT2D eigenvalue weighted by Crippen LogP contribution is -1.98. The van der Waals surface area contributed by atoms with E-state index in [1.165, 1.54) is 0 Å². The molecule has 0 radical (unpaired) electrons. The lowest BCUT2D eigenvalue weighted by Gasteiger charge is -2.11. The minimum atomic E-state index is 0.0681. The third kappa shape index (κ3) is 2.80. The highest BCUT2D eigenvalue weighted by atomic mass is 35.5. The Hall–Kier alpha value is -3.10. The van der Waals surface area contributed by atoms with E-state index in [-0.39, 0.29) is 10.7 Å². The lowest BCUT2D eigenvalue weighted by molar-refractivity contribution is 1.03. The van der Waals surface area contributed by atoms with Crippen molar-refractivity contribution in [1.29, 1.82) is 5.26 Å². The molecule has 1 aromatic heterocycles. The number of nitrogens with zero attached hydrogens (tertiary/aromatic N) is 3. The van der Waals surface area contributed by atoms with Gasteiger partial charge in [-0.2, -0.15) is 5.26 Å².